The summed E-state index contributed by atoms with van der Waals surface area (Å²) >= 11 is 5.16. The fraction of sp³-hybridized carbons (Fsp3) is 0.615. The third-order valence-electron chi connectivity index (χ3n) is 3.41. The molecule has 1 aromatic heterocycles. The van der Waals surface area contributed by atoms with Crippen molar-refractivity contribution in [2.75, 3.05) is 6.54 Å². The standard InChI is InChI=1S/C13H18BrNOS/c1-13(2,3)9-6-12(16)15(7-9)8-10-4-5-11(14)17-10/h4-5,9H,6-8H2,1-3H3. The van der Waals surface area contributed by atoms with Gasteiger partial charge in [0.05, 0.1) is 10.3 Å². The average molecular weight is 316 g/mol. The van der Waals surface area contributed by atoms with Crippen LogP contribution in [0.1, 0.15) is 32.1 Å². The maximum atomic E-state index is 12.0. The van der Waals surface area contributed by atoms with E-state index in [4.69, 9.17) is 0 Å². The molecule has 4 heteroatoms. The zero-order valence-electron chi connectivity index (χ0n) is 10.5. The summed E-state index contributed by atoms with van der Waals surface area (Å²) in [6, 6.07) is 4.13. The van der Waals surface area contributed by atoms with Crippen molar-refractivity contribution in [3.8, 4) is 0 Å². The molecular weight excluding hydrogens is 298 g/mol. The van der Waals surface area contributed by atoms with Crippen LogP contribution in [0, 0.1) is 11.3 Å². The SMILES string of the molecule is CC(C)(C)C1CC(=O)N(Cc2ccc(Br)s2)C1. The second-order valence-corrected chi connectivity index (χ2v) is 8.29. The number of hydrogen-bond donors (Lipinski definition) is 0. The molecule has 0 radical (unpaired) electrons. The Hall–Kier alpha value is -0.350. The van der Waals surface area contributed by atoms with Gasteiger partial charge >= 0.3 is 0 Å². The van der Waals surface area contributed by atoms with Crippen LogP contribution in [0.3, 0.4) is 0 Å². The summed E-state index contributed by atoms with van der Waals surface area (Å²) in [5.41, 5.74) is 0.223. The largest absolute Gasteiger partial charge is 0.337 e. The van der Waals surface area contributed by atoms with Crippen molar-refractivity contribution >= 4 is 33.2 Å². The van der Waals surface area contributed by atoms with Crippen molar-refractivity contribution in [2.24, 2.45) is 11.3 Å². The predicted octanol–water partition coefficient (Wildman–Crippen LogP) is 3.91. The maximum absolute atomic E-state index is 12.0. The number of thiophene rings is 1. The van der Waals surface area contributed by atoms with E-state index in [0.717, 1.165) is 16.9 Å². The first-order valence-corrected chi connectivity index (χ1v) is 7.49. The van der Waals surface area contributed by atoms with Crippen molar-refractivity contribution in [1.82, 2.24) is 4.90 Å². The lowest BCUT2D eigenvalue weighted by Gasteiger charge is -2.26. The molecule has 1 aromatic rings. The van der Waals surface area contributed by atoms with E-state index in [1.54, 1.807) is 11.3 Å². The third-order valence-corrected chi connectivity index (χ3v) is 5.02. The minimum Gasteiger partial charge on any atom is -0.337 e. The van der Waals surface area contributed by atoms with Crippen LogP contribution in [0.15, 0.2) is 15.9 Å². The topological polar surface area (TPSA) is 20.3 Å². The van der Waals surface area contributed by atoms with E-state index in [1.165, 1.54) is 4.88 Å². The molecule has 2 nitrogen and oxygen atoms in total. The van der Waals surface area contributed by atoms with Crippen molar-refractivity contribution in [1.29, 1.82) is 0 Å². The molecule has 94 valence electrons. The first-order chi connectivity index (χ1) is 7.86. The molecule has 0 aromatic carbocycles. The highest BCUT2D eigenvalue weighted by Gasteiger charge is 2.36. The van der Waals surface area contributed by atoms with Gasteiger partial charge in [0.15, 0.2) is 0 Å². The molecule has 17 heavy (non-hydrogen) atoms. The summed E-state index contributed by atoms with van der Waals surface area (Å²) in [7, 11) is 0. The Labute approximate surface area is 115 Å². The van der Waals surface area contributed by atoms with Gasteiger partial charge in [-0.05, 0) is 39.4 Å². The maximum Gasteiger partial charge on any atom is 0.223 e. The van der Waals surface area contributed by atoms with Crippen LogP contribution in [0.25, 0.3) is 0 Å². The van der Waals surface area contributed by atoms with E-state index in [9.17, 15) is 4.79 Å². The van der Waals surface area contributed by atoms with Crippen LogP contribution >= 0.6 is 27.3 Å². The number of hydrogen-bond acceptors (Lipinski definition) is 2. The van der Waals surface area contributed by atoms with Crippen molar-refractivity contribution < 1.29 is 4.79 Å². The molecule has 0 aliphatic carbocycles. The molecule has 0 bridgehead atoms. The van der Waals surface area contributed by atoms with E-state index >= 15 is 0 Å². The molecular formula is C13H18BrNOS. The van der Waals surface area contributed by atoms with Crippen LogP contribution in [-0.4, -0.2) is 17.4 Å². The van der Waals surface area contributed by atoms with Gasteiger partial charge < -0.3 is 4.90 Å². The second kappa shape index (κ2) is 4.73. The number of nitrogens with zero attached hydrogens (tertiary/aromatic N) is 1. The predicted molar refractivity (Wildman–Crippen MR) is 75.0 cm³/mol. The van der Waals surface area contributed by atoms with Gasteiger partial charge in [-0.1, -0.05) is 20.8 Å². The van der Waals surface area contributed by atoms with Crippen molar-refractivity contribution in [3.05, 3.63) is 20.8 Å². The van der Waals surface area contributed by atoms with Gasteiger partial charge in [-0.25, -0.2) is 0 Å². The number of amides is 1. The number of rotatable bonds is 2. The molecule has 1 saturated heterocycles. The Morgan fingerprint density at radius 1 is 1.47 bits per heavy atom. The molecule has 0 N–H and O–H groups in total. The lowest BCUT2D eigenvalue weighted by atomic mass is 9.80. The van der Waals surface area contributed by atoms with E-state index in [1.807, 2.05) is 11.0 Å². The number of halogens is 1. The lowest BCUT2D eigenvalue weighted by molar-refractivity contribution is -0.128. The molecule has 1 atom stereocenters. The Morgan fingerprint density at radius 2 is 2.18 bits per heavy atom. The van der Waals surface area contributed by atoms with Gasteiger partial charge in [-0.2, -0.15) is 0 Å². The summed E-state index contributed by atoms with van der Waals surface area (Å²) < 4.78 is 1.13. The highest BCUT2D eigenvalue weighted by Crippen LogP contribution is 2.35. The van der Waals surface area contributed by atoms with E-state index in [-0.39, 0.29) is 5.41 Å². The normalized spacial score (nSPS) is 21.3. The smallest absolute Gasteiger partial charge is 0.223 e. The monoisotopic (exact) mass is 315 g/mol. The van der Waals surface area contributed by atoms with E-state index in [2.05, 4.69) is 42.8 Å². The summed E-state index contributed by atoms with van der Waals surface area (Å²) in [5.74, 6) is 0.785. The minimum absolute atomic E-state index is 0.223. The van der Waals surface area contributed by atoms with Crippen LogP contribution in [0.2, 0.25) is 0 Å². The van der Waals surface area contributed by atoms with Crippen LogP contribution in [0.5, 0.6) is 0 Å². The van der Waals surface area contributed by atoms with E-state index in [0.29, 0.717) is 18.2 Å². The van der Waals surface area contributed by atoms with Crippen molar-refractivity contribution in [2.45, 2.75) is 33.7 Å². The lowest BCUT2D eigenvalue weighted by Crippen LogP contribution is -2.27. The molecule has 0 saturated carbocycles. The first-order valence-electron chi connectivity index (χ1n) is 5.88. The third kappa shape index (κ3) is 3.10. The van der Waals surface area contributed by atoms with Crippen LogP contribution < -0.4 is 0 Å². The summed E-state index contributed by atoms with van der Waals surface area (Å²) in [6.45, 7) is 8.32. The van der Waals surface area contributed by atoms with Gasteiger partial charge in [-0.3, -0.25) is 4.79 Å². The molecule has 1 fully saturated rings. The van der Waals surface area contributed by atoms with Gasteiger partial charge in [0.2, 0.25) is 5.91 Å². The molecule has 0 spiro atoms. The fourth-order valence-corrected chi connectivity index (χ4v) is 3.63. The summed E-state index contributed by atoms with van der Waals surface area (Å²) in [4.78, 5) is 15.2. The van der Waals surface area contributed by atoms with Gasteiger partial charge in [0, 0.05) is 17.8 Å². The molecule has 1 aliphatic rings. The summed E-state index contributed by atoms with van der Waals surface area (Å²) in [5, 5.41) is 0. The molecule has 1 aliphatic heterocycles. The quantitative estimate of drug-likeness (QED) is 0.810. The Morgan fingerprint density at radius 3 is 2.65 bits per heavy atom. The molecule has 1 unspecified atom stereocenters. The molecule has 2 heterocycles. The van der Waals surface area contributed by atoms with Gasteiger partial charge in [-0.15, -0.1) is 11.3 Å². The number of carbonyl (C=O) groups is 1. The average Bonchev–Trinajstić information content (AvgIpc) is 2.74. The highest BCUT2D eigenvalue weighted by molar-refractivity contribution is 9.11. The van der Waals surface area contributed by atoms with Gasteiger partial charge in [0.1, 0.15) is 0 Å². The van der Waals surface area contributed by atoms with E-state index < -0.39 is 0 Å². The summed E-state index contributed by atoms with van der Waals surface area (Å²) in [6.07, 6.45) is 0.704. The number of likely N-dealkylation sites (tertiary alicyclic amines) is 1. The zero-order valence-corrected chi connectivity index (χ0v) is 12.9. The van der Waals surface area contributed by atoms with Crippen molar-refractivity contribution in [3.63, 3.8) is 0 Å². The van der Waals surface area contributed by atoms with Crippen LogP contribution in [-0.2, 0) is 11.3 Å². The van der Waals surface area contributed by atoms with Crippen LogP contribution in [0.4, 0.5) is 0 Å². The first kappa shape index (κ1) is 13.1. The fourth-order valence-electron chi connectivity index (χ4n) is 2.13. The highest BCUT2D eigenvalue weighted by atomic mass is 79.9. The Bertz CT molecular complexity index is 421. The zero-order chi connectivity index (χ0) is 12.6. The minimum atomic E-state index is 0.223. The Balaban J connectivity index is 2.02. The Kier molecular flexibility index (Phi) is 3.64. The number of carbonyl (C=O) groups excluding carboxylic acids is 1. The molecule has 2 rings (SSSR count). The van der Waals surface area contributed by atoms with Gasteiger partial charge in [0.25, 0.3) is 0 Å². The molecule has 1 amide bonds. The second-order valence-electron chi connectivity index (χ2n) is 5.75.